The Morgan fingerprint density at radius 2 is 1.95 bits per heavy atom. The maximum absolute atomic E-state index is 12.7. The predicted octanol–water partition coefficient (Wildman–Crippen LogP) is 4.11. The van der Waals surface area contributed by atoms with Gasteiger partial charge in [0, 0.05) is 10.5 Å². The minimum Gasteiger partial charge on any atom is -0.326 e. The van der Waals surface area contributed by atoms with Gasteiger partial charge in [0.1, 0.15) is 0 Å². The SMILES string of the molecule is CCC(N)C(c1cccc(Br)c1)N(CC)CC(F)(F)F. The smallest absolute Gasteiger partial charge is 0.326 e. The third kappa shape index (κ3) is 5.07. The van der Waals surface area contributed by atoms with Gasteiger partial charge in [0.25, 0.3) is 0 Å². The number of hydrogen-bond acceptors (Lipinski definition) is 2. The monoisotopic (exact) mass is 352 g/mol. The van der Waals surface area contributed by atoms with Gasteiger partial charge in [-0.1, -0.05) is 41.9 Å². The van der Waals surface area contributed by atoms with Crippen LogP contribution in [0.5, 0.6) is 0 Å². The van der Waals surface area contributed by atoms with Crippen molar-refractivity contribution >= 4 is 15.9 Å². The Hall–Kier alpha value is -0.590. The van der Waals surface area contributed by atoms with E-state index < -0.39 is 18.8 Å². The van der Waals surface area contributed by atoms with E-state index >= 15 is 0 Å². The number of hydrogen-bond donors (Lipinski definition) is 1. The zero-order valence-electron chi connectivity index (χ0n) is 11.6. The Kier molecular flexibility index (Phi) is 6.48. The van der Waals surface area contributed by atoms with Gasteiger partial charge < -0.3 is 5.73 Å². The molecular formula is C14H20BrF3N2. The van der Waals surface area contributed by atoms with Crippen LogP contribution in [0.15, 0.2) is 28.7 Å². The molecule has 0 saturated heterocycles. The molecule has 20 heavy (non-hydrogen) atoms. The molecule has 0 aromatic heterocycles. The van der Waals surface area contributed by atoms with Crippen LogP contribution in [0.25, 0.3) is 0 Å². The molecule has 1 aromatic rings. The molecule has 0 spiro atoms. The fourth-order valence-electron chi connectivity index (χ4n) is 2.28. The first-order chi connectivity index (χ1) is 9.28. The molecule has 1 aromatic carbocycles. The Morgan fingerprint density at radius 1 is 1.30 bits per heavy atom. The fourth-order valence-corrected chi connectivity index (χ4v) is 2.70. The van der Waals surface area contributed by atoms with Gasteiger partial charge in [0.15, 0.2) is 0 Å². The molecule has 6 heteroatoms. The van der Waals surface area contributed by atoms with Crippen molar-refractivity contribution < 1.29 is 13.2 Å². The molecule has 0 aliphatic rings. The van der Waals surface area contributed by atoms with Crippen molar-refractivity contribution in [2.45, 2.75) is 38.5 Å². The average Bonchev–Trinajstić information content (AvgIpc) is 2.36. The highest BCUT2D eigenvalue weighted by atomic mass is 79.9. The summed E-state index contributed by atoms with van der Waals surface area (Å²) in [6.07, 6.45) is -3.61. The summed E-state index contributed by atoms with van der Waals surface area (Å²) in [4.78, 5) is 1.38. The standard InChI is InChI=1S/C14H20BrF3N2/c1-3-12(19)13(10-6-5-7-11(15)8-10)20(4-2)9-14(16,17)18/h5-8,12-13H,3-4,9,19H2,1-2H3. The minimum absolute atomic E-state index is 0.296. The number of nitrogens with zero attached hydrogens (tertiary/aromatic N) is 1. The molecule has 0 heterocycles. The Bertz CT molecular complexity index is 423. The van der Waals surface area contributed by atoms with Crippen LogP contribution in [0.4, 0.5) is 13.2 Å². The lowest BCUT2D eigenvalue weighted by Gasteiger charge is -2.35. The van der Waals surface area contributed by atoms with Gasteiger partial charge in [-0.2, -0.15) is 13.2 Å². The van der Waals surface area contributed by atoms with Crippen LogP contribution in [0.3, 0.4) is 0 Å². The average molecular weight is 353 g/mol. The van der Waals surface area contributed by atoms with Gasteiger partial charge in [-0.25, -0.2) is 0 Å². The highest BCUT2D eigenvalue weighted by molar-refractivity contribution is 9.10. The van der Waals surface area contributed by atoms with Crippen molar-refractivity contribution in [2.24, 2.45) is 5.73 Å². The van der Waals surface area contributed by atoms with Crippen LogP contribution >= 0.6 is 15.9 Å². The molecule has 0 radical (unpaired) electrons. The molecule has 2 unspecified atom stereocenters. The zero-order chi connectivity index (χ0) is 15.3. The Labute approximate surface area is 126 Å². The summed E-state index contributed by atoms with van der Waals surface area (Å²) in [6.45, 7) is 2.95. The van der Waals surface area contributed by atoms with Gasteiger partial charge in [0.05, 0.1) is 12.6 Å². The van der Waals surface area contributed by atoms with E-state index in [0.29, 0.717) is 13.0 Å². The van der Waals surface area contributed by atoms with Gasteiger partial charge in [-0.3, -0.25) is 4.90 Å². The van der Waals surface area contributed by atoms with E-state index in [0.717, 1.165) is 10.0 Å². The lowest BCUT2D eigenvalue weighted by atomic mass is 9.96. The first-order valence-corrected chi connectivity index (χ1v) is 7.39. The summed E-state index contributed by atoms with van der Waals surface area (Å²) < 4.78 is 39.0. The summed E-state index contributed by atoms with van der Waals surface area (Å²) >= 11 is 3.35. The first-order valence-electron chi connectivity index (χ1n) is 6.60. The van der Waals surface area contributed by atoms with Crippen LogP contribution in [-0.4, -0.2) is 30.2 Å². The lowest BCUT2D eigenvalue weighted by molar-refractivity contribution is -0.151. The second-order valence-corrected chi connectivity index (χ2v) is 5.67. The van der Waals surface area contributed by atoms with Gasteiger partial charge in [-0.15, -0.1) is 0 Å². The molecule has 2 nitrogen and oxygen atoms in total. The number of rotatable bonds is 6. The zero-order valence-corrected chi connectivity index (χ0v) is 13.2. The molecule has 0 saturated carbocycles. The summed E-state index contributed by atoms with van der Waals surface area (Å²) in [5, 5.41) is 0. The van der Waals surface area contributed by atoms with E-state index in [1.54, 1.807) is 6.92 Å². The normalized spacial score (nSPS) is 15.4. The Balaban J connectivity index is 3.10. The summed E-state index contributed by atoms with van der Waals surface area (Å²) in [5.74, 6) is 0. The van der Waals surface area contributed by atoms with Gasteiger partial charge >= 0.3 is 6.18 Å². The largest absolute Gasteiger partial charge is 0.401 e. The molecule has 0 aliphatic carbocycles. The molecule has 0 aliphatic heterocycles. The van der Waals surface area contributed by atoms with Crippen LogP contribution in [0.1, 0.15) is 31.9 Å². The number of alkyl halides is 3. The maximum atomic E-state index is 12.7. The maximum Gasteiger partial charge on any atom is 0.401 e. The third-order valence-corrected chi connectivity index (χ3v) is 3.74. The van der Waals surface area contributed by atoms with E-state index in [1.165, 1.54) is 4.90 Å². The van der Waals surface area contributed by atoms with Crippen LogP contribution < -0.4 is 5.73 Å². The van der Waals surface area contributed by atoms with Crippen molar-refractivity contribution in [1.29, 1.82) is 0 Å². The highest BCUT2D eigenvalue weighted by Gasteiger charge is 2.35. The van der Waals surface area contributed by atoms with Crippen LogP contribution in [-0.2, 0) is 0 Å². The summed E-state index contributed by atoms with van der Waals surface area (Å²) in [7, 11) is 0. The second-order valence-electron chi connectivity index (χ2n) is 4.75. The van der Waals surface area contributed by atoms with Crippen molar-refractivity contribution in [3.05, 3.63) is 34.3 Å². The first kappa shape index (κ1) is 17.5. The van der Waals surface area contributed by atoms with E-state index in [2.05, 4.69) is 15.9 Å². The second kappa shape index (κ2) is 7.43. The third-order valence-electron chi connectivity index (χ3n) is 3.25. The molecule has 0 bridgehead atoms. The molecular weight excluding hydrogens is 333 g/mol. The highest BCUT2D eigenvalue weighted by Crippen LogP contribution is 2.30. The van der Waals surface area contributed by atoms with Crippen molar-refractivity contribution in [3.8, 4) is 0 Å². The number of nitrogens with two attached hydrogens (primary N) is 1. The van der Waals surface area contributed by atoms with Crippen molar-refractivity contribution in [2.75, 3.05) is 13.1 Å². The molecule has 0 fully saturated rings. The van der Waals surface area contributed by atoms with Gasteiger partial charge in [0.2, 0.25) is 0 Å². The molecule has 2 N–H and O–H groups in total. The van der Waals surface area contributed by atoms with E-state index in [4.69, 9.17) is 5.73 Å². The van der Waals surface area contributed by atoms with Gasteiger partial charge in [-0.05, 0) is 30.7 Å². The molecule has 2 atom stereocenters. The topological polar surface area (TPSA) is 29.3 Å². The Morgan fingerprint density at radius 3 is 2.40 bits per heavy atom. The number of halogens is 4. The fraction of sp³-hybridized carbons (Fsp3) is 0.571. The summed E-state index contributed by atoms with van der Waals surface area (Å²) in [6, 6.07) is 6.54. The van der Waals surface area contributed by atoms with E-state index in [-0.39, 0.29) is 6.04 Å². The molecule has 0 amide bonds. The van der Waals surface area contributed by atoms with Crippen molar-refractivity contribution in [3.63, 3.8) is 0 Å². The van der Waals surface area contributed by atoms with E-state index in [1.807, 2.05) is 31.2 Å². The molecule has 1 rings (SSSR count). The van der Waals surface area contributed by atoms with E-state index in [9.17, 15) is 13.2 Å². The molecule has 114 valence electrons. The number of likely N-dealkylation sites (N-methyl/N-ethyl adjacent to an activating group) is 1. The van der Waals surface area contributed by atoms with Crippen molar-refractivity contribution in [1.82, 2.24) is 4.90 Å². The minimum atomic E-state index is -4.23. The number of benzene rings is 1. The summed E-state index contributed by atoms with van der Waals surface area (Å²) in [5.41, 5.74) is 6.88. The quantitative estimate of drug-likeness (QED) is 0.834. The lowest BCUT2D eigenvalue weighted by Crippen LogP contribution is -2.44. The van der Waals surface area contributed by atoms with Crippen LogP contribution in [0.2, 0.25) is 0 Å². The van der Waals surface area contributed by atoms with Crippen LogP contribution in [0, 0.1) is 0 Å². The predicted molar refractivity (Wildman–Crippen MR) is 78.5 cm³/mol.